The monoisotopic (exact) mass is 1420 g/mol. The summed E-state index contributed by atoms with van der Waals surface area (Å²) >= 11 is 0. The number of benzene rings is 1. The molecule has 18 N–H and O–H groups in total. The first kappa shape index (κ1) is 81.4. The standard InChI is InChI=1S/C63H101N5O31/c1-8-9-10-11-12-13-14-15-16-20-88-33-19-17-18-32(21-33)57(85)68-40-46(79)45(78)34(22-69)92-59(40)96-52-35(23-70)93-60(41(48(52)81)65-29(4)74)97-53-36(24-71)94-61(42(49(53)82)66-30(5)75)98-54-37(25-72)95-62(43(50(54)83)67-31(6)76)99-55-38(91-58(86)39(47(55)80)64-28(3)73)26-89-63-56(87-7)51(84)44(77)27(2)90-63/h13-14,17-19,21,27,34-56,58-63,69-72,77-84,86H,8-12,15-16,20,22-26H2,1-7H3,(H,64,73)(H,65,74)(H,66,75)(H,67,76)(H,68,85)/b14-13-/t27?,34?,35-,36?,37-,38?,39-,40-,41?,42-,43?,44+,45+,46+,47+,48?,49+,50?,51?,52+,53?,54+,55?,56+,58+,59?,60?,61-,62?,63+/m0/s1. The quantitative estimate of drug-likeness (QED) is 0.0235. The van der Waals surface area contributed by atoms with Crippen LogP contribution in [0.4, 0.5) is 0 Å². The molecule has 0 saturated carbocycles. The molecule has 6 aliphatic heterocycles. The molecule has 0 bridgehead atoms. The second-order valence-electron chi connectivity index (χ2n) is 25.3. The topological polar surface area (TPSA) is 528 Å². The van der Waals surface area contributed by atoms with Crippen molar-refractivity contribution < 1.29 is 152 Å². The van der Waals surface area contributed by atoms with E-state index in [1.54, 1.807) is 12.1 Å². The smallest absolute Gasteiger partial charge is 0.251 e. The number of ether oxygens (including phenoxy) is 13. The lowest BCUT2D eigenvalue weighted by molar-refractivity contribution is -0.368. The van der Waals surface area contributed by atoms with Gasteiger partial charge in [-0.2, -0.15) is 0 Å². The molecular weight excluding hydrogens is 1320 g/mol. The van der Waals surface area contributed by atoms with E-state index in [2.05, 4.69) is 45.7 Å². The Labute approximate surface area is 571 Å². The third-order valence-electron chi connectivity index (χ3n) is 17.8. The van der Waals surface area contributed by atoms with Gasteiger partial charge in [0, 0.05) is 40.4 Å². The van der Waals surface area contributed by atoms with E-state index in [1.165, 1.54) is 39.0 Å². The zero-order valence-electron chi connectivity index (χ0n) is 56.1. The van der Waals surface area contributed by atoms with Crippen LogP contribution in [0.3, 0.4) is 0 Å². The van der Waals surface area contributed by atoms with Gasteiger partial charge in [-0.1, -0.05) is 44.4 Å². The number of rotatable bonds is 32. The van der Waals surface area contributed by atoms with Crippen molar-refractivity contribution in [1.29, 1.82) is 0 Å². The van der Waals surface area contributed by atoms with Crippen LogP contribution < -0.4 is 31.3 Å². The summed E-state index contributed by atoms with van der Waals surface area (Å²) in [4.78, 5) is 65.1. The lowest BCUT2D eigenvalue weighted by Gasteiger charge is -2.51. The maximum Gasteiger partial charge on any atom is 0.251 e. The molecule has 0 aromatic heterocycles. The summed E-state index contributed by atoms with van der Waals surface area (Å²) in [6, 6.07) is -2.45. The molecular formula is C63H101N5O31. The first-order valence-corrected chi connectivity index (χ1v) is 33.2. The highest BCUT2D eigenvalue weighted by Gasteiger charge is 2.58. The molecule has 6 heterocycles. The van der Waals surface area contributed by atoms with Crippen molar-refractivity contribution in [2.24, 2.45) is 0 Å². The molecule has 36 nitrogen and oxygen atoms in total. The van der Waals surface area contributed by atoms with E-state index in [1.807, 2.05) is 0 Å². The Kier molecular flexibility index (Phi) is 31.7. The van der Waals surface area contributed by atoms with Crippen molar-refractivity contribution in [3.05, 3.63) is 42.0 Å². The first-order valence-electron chi connectivity index (χ1n) is 33.2. The highest BCUT2D eigenvalue weighted by molar-refractivity contribution is 5.94. The van der Waals surface area contributed by atoms with Gasteiger partial charge in [0.15, 0.2) is 37.7 Å². The van der Waals surface area contributed by atoms with Gasteiger partial charge in [-0.3, -0.25) is 24.0 Å². The third-order valence-corrected chi connectivity index (χ3v) is 17.8. The van der Waals surface area contributed by atoms with Gasteiger partial charge in [-0.15, -0.1) is 0 Å². The molecule has 0 aliphatic carbocycles. The maximum absolute atomic E-state index is 14.0. The molecule has 6 aliphatic rings. The summed E-state index contributed by atoms with van der Waals surface area (Å²) in [6.07, 6.45) is -32.0. The highest BCUT2D eigenvalue weighted by atomic mass is 16.8. The highest BCUT2D eigenvalue weighted by Crippen LogP contribution is 2.37. The van der Waals surface area contributed by atoms with E-state index in [-0.39, 0.29) is 5.56 Å². The number of hydrogen-bond donors (Lipinski definition) is 18. The minimum absolute atomic E-state index is 0.0482. The van der Waals surface area contributed by atoms with Crippen LogP contribution in [0.15, 0.2) is 36.4 Å². The molecule has 7 rings (SSSR count). The van der Waals surface area contributed by atoms with Crippen LogP contribution in [0.25, 0.3) is 0 Å². The number of amides is 5. The van der Waals surface area contributed by atoms with Gasteiger partial charge in [0.25, 0.3) is 5.91 Å². The van der Waals surface area contributed by atoms with E-state index in [4.69, 9.17) is 61.6 Å². The Balaban J connectivity index is 1.07. The van der Waals surface area contributed by atoms with Crippen LogP contribution in [-0.2, 0) is 76.0 Å². The van der Waals surface area contributed by atoms with Gasteiger partial charge >= 0.3 is 0 Å². The van der Waals surface area contributed by atoms with Gasteiger partial charge in [-0.05, 0) is 50.8 Å². The Morgan fingerprint density at radius 1 is 0.465 bits per heavy atom. The maximum atomic E-state index is 14.0. The molecule has 0 radical (unpaired) electrons. The molecule has 99 heavy (non-hydrogen) atoms. The number of aliphatic hydroxyl groups excluding tert-OH is 13. The molecule has 36 heteroatoms. The second-order valence-corrected chi connectivity index (χ2v) is 25.3. The van der Waals surface area contributed by atoms with E-state index >= 15 is 0 Å². The largest absolute Gasteiger partial charge is 0.494 e. The fraction of sp³-hybridized carbons (Fsp3) is 0.794. The number of carbonyl (C=O) groups is 5. The van der Waals surface area contributed by atoms with E-state index in [0.717, 1.165) is 53.4 Å². The Morgan fingerprint density at radius 2 is 0.899 bits per heavy atom. The van der Waals surface area contributed by atoms with Crippen LogP contribution in [0.5, 0.6) is 5.75 Å². The zero-order chi connectivity index (χ0) is 72.5. The number of allylic oxidation sites excluding steroid dienone is 2. The molecule has 1 aromatic carbocycles. The van der Waals surface area contributed by atoms with Crippen molar-refractivity contribution in [3.8, 4) is 5.75 Å². The second kappa shape index (κ2) is 38.6. The Morgan fingerprint density at radius 3 is 1.35 bits per heavy atom. The summed E-state index contributed by atoms with van der Waals surface area (Å²) in [7, 11) is 1.21. The molecule has 0 spiro atoms. The summed E-state index contributed by atoms with van der Waals surface area (Å²) < 4.78 is 77.9. The summed E-state index contributed by atoms with van der Waals surface area (Å²) in [5, 5.41) is 158. The normalized spacial score (nSPS) is 39.6. The number of nitrogens with one attached hydrogen (secondary N) is 5. The van der Waals surface area contributed by atoms with Crippen LogP contribution in [0.2, 0.25) is 0 Å². The van der Waals surface area contributed by atoms with Crippen molar-refractivity contribution in [3.63, 3.8) is 0 Å². The number of aliphatic hydroxyl groups is 13. The van der Waals surface area contributed by atoms with Gasteiger partial charge in [0.05, 0.1) is 45.7 Å². The van der Waals surface area contributed by atoms with Crippen LogP contribution in [-0.4, -0.2) is 327 Å². The summed E-state index contributed by atoms with van der Waals surface area (Å²) in [6.45, 7) is 3.52. The number of hydrogen-bond acceptors (Lipinski definition) is 31. The lowest BCUT2D eigenvalue weighted by Crippen LogP contribution is -2.72. The van der Waals surface area contributed by atoms with E-state index < -0.39 is 246 Å². The minimum atomic E-state index is -2.07. The van der Waals surface area contributed by atoms with Crippen molar-refractivity contribution in [2.45, 2.75) is 270 Å². The van der Waals surface area contributed by atoms with Crippen LogP contribution in [0.1, 0.15) is 96.8 Å². The number of carbonyl (C=O) groups excluding carboxylic acids is 5. The summed E-state index contributed by atoms with van der Waals surface area (Å²) in [5.74, 6) is -3.67. The third kappa shape index (κ3) is 20.9. The Bertz CT molecular complexity index is 2730. The molecule has 14 unspecified atom stereocenters. The fourth-order valence-corrected chi connectivity index (χ4v) is 12.7. The molecule has 5 amide bonds. The van der Waals surface area contributed by atoms with Gasteiger partial charge < -0.3 is 155 Å². The number of methoxy groups -OCH3 is 1. The van der Waals surface area contributed by atoms with Gasteiger partial charge in [-0.25, -0.2) is 0 Å². The van der Waals surface area contributed by atoms with E-state index in [0.29, 0.717) is 18.8 Å². The fourth-order valence-electron chi connectivity index (χ4n) is 12.7. The summed E-state index contributed by atoms with van der Waals surface area (Å²) in [5.41, 5.74) is 0.0482. The number of unbranched alkanes of at least 4 members (excludes halogenated alkanes) is 5. The average Bonchev–Trinajstić information content (AvgIpc) is 0.771. The molecule has 30 atom stereocenters. The lowest BCUT2D eigenvalue weighted by atomic mass is 9.93. The van der Waals surface area contributed by atoms with Crippen LogP contribution >= 0.6 is 0 Å². The SMILES string of the molecule is CCCCCC/C=C\CCCOc1cccc(C(=O)N[C@@H]2C(O[C@H]3C(O)C(NC(C)=O)C(OC4C(CO)O[C@@H](O[C@H]5C(O)C(NC(C)=O)C(OC6C(CO[C@@H]7OC(C)[C@@H](O)C(O)[C@H]7OC)O[C@@H](O)[C@@H](NC(C)=O)[C@H]6O)O[C@H]5CO)[C@@H](NC(C)=O)[C@H]4O)O[C@H]3CO)OC(CO)[C@@H](O)[C@@H]2O)c1. The molecule has 1 aromatic rings. The average molecular weight is 1420 g/mol. The zero-order valence-corrected chi connectivity index (χ0v) is 56.1. The van der Waals surface area contributed by atoms with Gasteiger partial charge in [0.2, 0.25) is 23.6 Å². The van der Waals surface area contributed by atoms with Gasteiger partial charge in [0.1, 0.15) is 146 Å². The van der Waals surface area contributed by atoms with E-state index in [9.17, 15) is 90.4 Å². The minimum Gasteiger partial charge on any atom is -0.494 e. The van der Waals surface area contributed by atoms with Crippen LogP contribution in [0, 0.1) is 0 Å². The predicted octanol–water partition coefficient (Wildman–Crippen LogP) is -6.72. The van der Waals surface area contributed by atoms with Crippen molar-refractivity contribution in [2.75, 3.05) is 46.8 Å². The molecule has 6 saturated heterocycles. The van der Waals surface area contributed by atoms with Crippen molar-refractivity contribution >= 4 is 29.5 Å². The first-order chi connectivity index (χ1) is 47.2. The van der Waals surface area contributed by atoms with Crippen molar-refractivity contribution in [1.82, 2.24) is 26.6 Å². The molecule has 564 valence electrons. The molecule has 6 fully saturated rings. The predicted molar refractivity (Wildman–Crippen MR) is 333 cm³/mol. The Hall–Kier alpha value is -4.89.